The molecule has 30 heavy (non-hydrogen) atoms. The summed E-state index contributed by atoms with van der Waals surface area (Å²) < 4.78 is 4.94. The van der Waals surface area contributed by atoms with E-state index >= 15 is 0 Å². The minimum absolute atomic E-state index is 0.0206. The summed E-state index contributed by atoms with van der Waals surface area (Å²) >= 11 is 0. The van der Waals surface area contributed by atoms with Gasteiger partial charge < -0.3 is 15.2 Å². The molecule has 4 fully saturated rings. The number of hydrogen-bond donors (Lipinski definition) is 2. The van der Waals surface area contributed by atoms with Crippen LogP contribution in [0.5, 0.6) is 0 Å². The number of esters is 1. The quantitative estimate of drug-likeness (QED) is 0.500. The fourth-order valence-electron chi connectivity index (χ4n) is 4.99. The first-order valence-corrected chi connectivity index (χ1v) is 12.2. The van der Waals surface area contributed by atoms with E-state index in [9.17, 15) is 14.4 Å². The molecule has 1 heterocycles. The maximum Gasteiger partial charge on any atom is 0.308 e. The SMILES string of the molecule is CCOC(=O)C1CCCCC1.O=C(O)C1CCCCC1.O=C1NCC12CCCCC2. The van der Waals surface area contributed by atoms with Crippen LogP contribution >= 0.6 is 0 Å². The summed E-state index contributed by atoms with van der Waals surface area (Å²) in [6, 6.07) is 0. The summed E-state index contributed by atoms with van der Waals surface area (Å²) in [5.74, 6) is -0.0865. The molecule has 0 aromatic rings. The number of nitrogens with one attached hydrogen (secondary N) is 1. The number of rotatable bonds is 3. The highest BCUT2D eigenvalue weighted by Gasteiger charge is 2.46. The lowest BCUT2D eigenvalue weighted by Crippen LogP contribution is -2.59. The zero-order valence-corrected chi connectivity index (χ0v) is 18.8. The number of ether oxygens (including phenoxy) is 1. The average molecular weight is 424 g/mol. The highest BCUT2D eigenvalue weighted by atomic mass is 16.5. The molecule has 1 spiro atoms. The summed E-state index contributed by atoms with van der Waals surface area (Å²) in [7, 11) is 0. The first-order valence-electron chi connectivity index (χ1n) is 12.2. The van der Waals surface area contributed by atoms with E-state index in [2.05, 4.69) is 5.32 Å². The van der Waals surface area contributed by atoms with Crippen LogP contribution in [0.4, 0.5) is 0 Å². The van der Waals surface area contributed by atoms with Crippen LogP contribution in [0.2, 0.25) is 0 Å². The van der Waals surface area contributed by atoms with Gasteiger partial charge in [-0.15, -0.1) is 0 Å². The maximum atomic E-state index is 11.2. The summed E-state index contributed by atoms with van der Waals surface area (Å²) in [6.45, 7) is 3.34. The van der Waals surface area contributed by atoms with Crippen molar-refractivity contribution in [1.82, 2.24) is 5.32 Å². The molecule has 1 saturated heterocycles. The van der Waals surface area contributed by atoms with E-state index in [4.69, 9.17) is 9.84 Å². The second kappa shape index (κ2) is 13.0. The normalized spacial score (nSPS) is 23.6. The number of carboxylic acids is 1. The number of carbonyl (C=O) groups is 3. The Labute approximate surface area is 181 Å². The summed E-state index contributed by atoms with van der Waals surface area (Å²) in [5, 5.41) is 11.4. The monoisotopic (exact) mass is 423 g/mol. The van der Waals surface area contributed by atoms with Crippen molar-refractivity contribution >= 4 is 17.8 Å². The molecule has 6 nitrogen and oxygen atoms in total. The Morgan fingerprint density at radius 3 is 1.73 bits per heavy atom. The predicted molar refractivity (Wildman–Crippen MR) is 116 cm³/mol. The largest absolute Gasteiger partial charge is 0.481 e. The Balaban J connectivity index is 0.000000161. The number of hydrogen-bond acceptors (Lipinski definition) is 4. The molecule has 3 saturated carbocycles. The molecule has 6 heteroatoms. The van der Waals surface area contributed by atoms with Crippen molar-refractivity contribution in [2.45, 2.75) is 103 Å². The van der Waals surface area contributed by atoms with Gasteiger partial charge in [-0.05, 0) is 45.4 Å². The smallest absolute Gasteiger partial charge is 0.308 e. The molecule has 4 rings (SSSR count). The number of carboxylic acid groups (broad SMARTS) is 1. The van der Waals surface area contributed by atoms with Crippen LogP contribution < -0.4 is 5.32 Å². The molecular formula is C24H41NO5. The van der Waals surface area contributed by atoms with Crippen molar-refractivity contribution in [3.63, 3.8) is 0 Å². The van der Waals surface area contributed by atoms with E-state index in [0.29, 0.717) is 12.5 Å². The maximum absolute atomic E-state index is 11.2. The standard InChI is InChI=1S/C9H16O2.C8H13NO.C7H12O2/c1-2-11-9(10)8-6-4-3-5-7-8;10-7-8(6-9-7)4-2-1-3-5-8;8-7(9)6-4-2-1-3-5-6/h8H,2-7H2,1H3;1-6H2,(H,9,10);6H,1-5H2,(H,8,9). The van der Waals surface area contributed by atoms with Crippen molar-refractivity contribution in [1.29, 1.82) is 0 Å². The van der Waals surface area contributed by atoms with Gasteiger partial charge in [0.15, 0.2) is 0 Å². The minimum Gasteiger partial charge on any atom is -0.481 e. The van der Waals surface area contributed by atoms with Crippen molar-refractivity contribution in [3.05, 3.63) is 0 Å². The molecule has 0 radical (unpaired) electrons. The second-order valence-electron chi connectivity index (χ2n) is 9.28. The van der Waals surface area contributed by atoms with Gasteiger partial charge in [0.2, 0.25) is 5.91 Å². The third-order valence-corrected chi connectivity index (χ3v) is 7.06. The molecule has 0 bridgehead atoms. The number of β-lactam (4-membered cyclic amide) rings is 1. The van der Waals surface area contributed by atoms with Gasteiger partial charge in [0.05, 0.1) is 23.9 Å². The lowest BCUT2D eigenvalue weighted by Gasteiger charge is -2.43. The van der Waals surface area contributed by atoms with Crippen LogP contribution in [-0.2, 0) is 19.1 Å². The van der Waals surface area contributed by atoms with Crippen LogP contribution in [0.1, 0.15) is 103 Å². The zero-order valence-electron chi connectivity index (χ0n) is 18.8. The van der Waals surface area contributed by atoms with Crippen molar-refractivity contribution in [3.8, 4) is 0 Å². The predicted octanol–water partition coefficient (Wildman–Crippen LogP) is 4.85. The topological polar surface area (TPSA) is 92.7 Å². The van der Waals surface area contributed by atoms with Gasteiger partial charge in [0.25, 0.3) is 0 Å². The molecule has 172 valence electrons. The van der Waals surface area contributed by atoms with E-state index < -0.39 is 5.97 Å². The van der Waals surface area contributed by atoms with Crippen LogP contribution in [0.15, 0.2) is 0 Å². The van der Waals surface area contributed by atoms with Crippen LogP contribution in [0.25, 0.3) is 0 Å². The molecule has 0 aromatic heterocycles. The Kier molecular flexibility index (Phi) is 10.7. The average Bonchev–Trinajstić information content (AvgIpc) is 2.81. The van der Waals surface area contributed by atoms with Crippen molar-refractivity contribution in [2.75, 3.05) is 13.2 Å². The van der Waals surface area contributed by atoms with Gasteiger partial charge in [-0.1, -0.05) is 57.8 Å². The van der Waals surface area contributed by atoms with Gasteiger partial charge in [0, 0.05) is 6.54 Å². The van der Waals surface area contributed by atoms with Crippen LogP contribution in [0.3, 0.4) is 0 Å². The minimum atomic E-state index is -0.602. The van der Waals surface area contributed by atoms with E-state index in [1.54, 1.807) is 0 Å². The van der Waals surface area contributed by atoms with Gasteiger partial charge in [-0.3, -0.25) is 14.4 Å². The first-order chi connectivity index (χ1) is 14.5. The summed E-state index contributed by atoms with van der Waals surface area (Å²) in [4.78, 5) is 32.6. The van der Waals surface area contributed by atoms with E-state index in [1.807, 2.05) is 6.92 Å². The second-order valence-corrected chi connectivity index (χ2v) is 9.28. The van der Waals surface area contributed by atoms with Gasteiger partial charge >= 0.3 is 11.9 Å². The van der Waals surface area contributed by atoms with E-state index in [0.717, 1.165) is 57.9 Å². The number of carbonyl (C=O) groups excluding carboxylic acids is 2. The van der Waals surface area contributed by atoms with Gasteiger partial charge in [-0.25, -0.2) is 0 Å². The molecule has 4 aliphatic rings. The first kappa shape index (κ1) is 24.7. The molecule has 3 aliphatic carbocycles. The molecule has 0 atom stereocenters. The number of amides is 1. The van der Waals surface area contributed by atoms with Gasteiger partial charge in [-0.2, -0.15) is 0 Å². The lowest BCUT2D eigenvalue weighted by atomic mass is 9.69. The van der Waals surface area contributed by atoms with Gasteiger partial charge in [0.1, 0.15) is 0 Å². The highest BCUT2D eigenvalue weighted by molar-refractivity contribution is 5.88. The number of aliphatic carboxylic acids is 1. The third-order valence-electron chi connectivity index (χ3n) is 7.06. The van der Waals surface area contributed by atoms with Crippen molar-refractivity contribution < 1.29 is 24.2 Å². The Morgan fingerprint density at radius 1 is 0.900 bits per heavy atom. The van der Waals surface area contributed by atoms with Crippen LogP contribution in [0, 0.1) is 17.3 Å². The third kappa shape index (κ3) is 7.59. The Hall–Kier alpha value is -1.59. The van der Waals surface area contributed by atoms with Crippen molar-refractivity contribution in [2.24, 2.45) is 17.3 Å². The summed E-state index contributed by atoms with van der Waals surface area (Å²) in [6.07, 6.45) is 17.1. The molecule has 0 aromatic carbocycles. The zero-order chi connectivity index (χ0) is 21.8. The van der Waals surface area contributed by atoms with E-state index in [-0.39, 0.29) is 23.2 Å². The Bertz CT molecular complexity index is 544. The summed E-state index contributed by atoms with van der Waals surface area (Å²) in [5.41, 5.74) is 0.109. The fourth-order valence-corrected chi connectivity index (χ4v) is 4.99. The lowest BCUT2D eigenvalue weighted by molar-refractivity contribution is -0.149. The van der Waals surface area contributed by atoms with Crippen LogP contribution in [-0.4, -0.2) is 36.1 Å². The van der Waals surface area contributed by atoms with E-state index in [1.165, 1.54) is 44.9 Å². The molecule has 1 amide bonds. The highest BCUT2D eigenvalue weighted by Crippen LogP contribution is 2.40. The fraction of sp³-hybridized carbons (Fsp3) is 0.875. The molecular weight excluding hydrogens is 382 g/mol. The molecule has 0 unspecified atom stereocenters. The molecule has 1 aliphatic heterocycles. The Morgan fingerprint density at radius 2 is 1.40 bits per heavy atom. The molecule has 2 N–H and O–H groups in total.